The molecule has 9 heteroatoms. The molecule has 0 radical (unpaired) electrons. The van der Waals surface area contributed by atoms with Crippen molar-refractivity contribution in [1.29, 1.82) is 5.26 Å². The van der Waals surface area contributed by atoms with Gasteiger partial charge in [0, 0.05) is 46.6 Å². The number of halogens is 1. The SMILES string of the molecule is Cc1ncn2c(CCc3c(F)ccc4c3CCO4)c(C#N)cc(-c3ccc(C4CC4)nc3)c12.O=S=O. The lowest BCUT2D eigenvalue weighted by Crippen LogP contribution is -2.06. The maximum atomic E-state index is 14.7. The van der Waals surface area contributed by atoms with Gasteiger partial charge in [-0.3, -0.25) is 4.98 Å². The monoisotopic (exact) mass is 502 g/mol. The minimum atomic E-state index is -0.750. The second-order valence-corrected chi connectivity index (χ2v) is 9.13. The molecule has 6 rings (SSSR count). The molecule has 0 saturated heterocycles. The van der Waals surface area contributed by atoms with Crippen LogP contribution in [0.25, 0.3) is 16.6 Å². The Labute approximate surface area is 211 Å². The van der Waals surface area contributed by atoms with Crippen LogP contribution >= 0.6 is 0 Å². The van der Waals surface area contributed by atoms with E-state index in [9.17, 15) is 9.65 Å². The van der Waals surface area contributed by atoms with Crippen LogP contribution in [0.5, 0.6) is 5.75 Å². The van der Waals surface area contributed by atoms with Gasteiger partial charge in [0.1, 0.15) is 17.6 Å². The number of imidazole rings is 1. The van der Waals surface area contributed by atoms with Gasteiger partial charge in [0.2, 0.25) is 0 Å². The van der Waals surface area contributed by atoms with Crippen molar-refractivity contribution < 1.29 is 17.5 Å². The first-order valence-corrected chi connectivity index (χ1v) is 12.4. The molecule has 182 valence electrons. The molecule has 1 aromatic carbocycles. The van der Waals surface area contributed by atoms with Gasteiger partial charge in [0.15, 0.2) is 0 Å². The predicted molar refractivity (Wildman–Crippen MR) is 132 cm³/mol. The predicted octanol–water partition coefficient (Wildman–Crippen LogP) is 4.64. The number of ether oxygens (including phenoxy) is 1. The number of hydrogen-bond donors (Lipinski definition) is 0. The van der Waals surface area contributed by atoms with Gasteiger partial charge in [-0.05, 0) is 62.4 Å². The fourth-order valence-corrected chi connectivity index (χ4v) is 4.98. The number of rotatable bonds is 5. The first-order chi connectivity index (χ1) is 17.5. The molecule has 0 atom stereocenters. The van der Waals surface area contributed by atoms with E-state index in [-0.39, 0.29) is 5.82 Å². The Balaban J connectivity index is 0.000000848. The minimum absolute atomic E-state index is 0.214. The molecule has 3 aromatic heterocycles. The highest BCUT2D eigenvalue weighted by molar-refractivity contribution is 7.51. The summed E-state index contributed by atoms with van der Waals surface area (Å²) in [7, 11) is 0. The molecule has 0 N–H and O–H groups in total. The Morgan fingerprint density at radius 1 is 1.19 bits per heavy atom. The van der Waals surface area contributed by atoms with Gasteiger partial charge in [0.05, 0.1) is 29.7 Å². The zero-order chi connectivity index (χ0) is 25.2. The lowest BCUT2D eigenvalue weighted by molar-refractivity contribution is 0.356. The number of nitriles is 1. The van der Waals surface area contributed by atoms with Crippen LogP contribution in [0.3, 0.4) is 0 Å². The fraction of sp³-hybridized carbons (Fsp3) is 0.296. The summed E-state index contributed by atoms with van der Waals surface area (Å²) in [6, 6.07) is 11.7. The van der Waals surface area contributed by atoms with Gasteiger partial charge in [-0.25, -0.2) is 9.37 Å². The number of benzene rings is 1. The van der Waals surface area contributed by atoms with Crippen LogP contribution in [0.1, 0.15) is 52.5 Å². The maximum absolute atomic E-state index is 14.7. The molecule has 0 amide bonds. The Kier molecular flexibility index (Phi) is 6.61. The van der Waals surface area contributed by atoms with E-state index >= 15 is 0 Å². The van der Waals surface area contributed by atoms with Gasteiger partial charge in [0.25, 0.3) is 0 Å². The van der Waals surface area contributed by atoms with Crippen molar-refractivity contribution in [1.82, 2.24) is 14.4 Å². The molecule has 7 nitrogen and oxygen atoms in total. The van der Waals surface area contributed by atoms with Crippen LogP contribution in [-0.2, 0) is 30.8 Å². The number of aromatic nitrogens is 3. The van der Waals surface area contributed by atoms with Gasteiger partial charge in [-0.2, -0.15) is 13.7 Å². The van der Waals surface area contributed by atoms with Gasteiger partial charge in [-0.15, -0.1) is 0 Å². The highest BCUT2D eigenvalue weighted by Crippen LogP contribution is 2.40. The zero-order valence-electron chi connectivity index (χ0n) is 19.7. The highest BCUT2D eigenvalue weighted by atomic mass is 32.1. The van der Waals surface area contributed by atoms with Crippen molar-refractivity contribution in [2.24, 2.45) is 0 Å². The minimum Gasteiger partial charge on any atom is -0.493 e. The quantitative estimate of drug-likeness (QED) is 0.394. The topological polar surface area (TPSA) is 97.3 Å². The van der Waals surface area contributed by atoms with E-state index in [0.29, 0.717) is 36.5 Å². The number of aryl methyl sites for hydroxylation is 2. The molecule has 4 heterocycles. The summed E-state index contributed by atoms with van der Waals surface area (Å²) in [6.45, 7) is 2.56. The summed E-state index contributed by atoms with van der Waals surface area (Å²) in [5, 5.41) is 9.99. The van der Waals surface area contributed by atoms with E-state index in [2.05, 4.69) is 28.2 Å². The molecule has 2 aliphatic rings. The molecule has 0 spiro atoms. The fourth-order valence-electron chi connectivity index (χ4n) is 4.98. The Bertz CT molecular complexity index is 1530. The summed E-state index contributed by atoms with van der Waals surface area (Å²) < 4.78 is 38.9. The van der Waals surface area contributed by atoms with Crippen LogP contribution in [0.15, 0.2) is 42.9 Å². The lowest BCUT2D eigenvalue weighted by atomic mass is 9.96. The van der Waals surface area contributed by atoms with Crippen molar-refractivity contribution in [2.75, 3.05) is 6.61 Å². The Morgan fingerprint density at radius 2 is 2.00 bits per heavy atom. The number of fused-ring (bicyclic) bond motifs is 2. The van der Waals surface area contributed by atoms with Crippen LogP contribution in [0.2, 0.25) is 0 Å². The summed E-state index contributed by atoms with van der Waals surface area (Å²) in [4.78, 5) is 9.21. The van der Waals surface area contributed by atoms with E-state index in [4.69, 9.17) is 13.2 Å². The van der Waals surface area contributed by atoms with Crippen LogP contribution < -0.4 is 4.74 Å². The maximum Gasteiger partial charge on any atom is 0.335 e. The smallest absolute Gasteiger partial charge is 0.335 e. The second-order valence-electron chi connectivity index (χ2n) is 8.99. The number of nitrogens with zero attached hydrogens (tertiary/aromatic N) is 4. The zero-order valence-corrected chi connectivity index (χ0v) is 20.5. The average Bonchev–Trinajstić information content (AvgIpc) is 3.51. The van der Waals surface area contributed by atoms with E-state index in [0.717, 1.165) is 51.5 Å². The summed E-state index contributed by atoms with van der Waals surface area (Å²) in [6.07, 6.45) is 7.84. The molecule has 1 fully saturated rings. The van der Waals surface area contributed by atoms with Crippen molar-refractivity contribution >= 4 is 17.1 Å². The third kappa shape index (κ3) is 4.40. The molecule has 36 heavy (non-hydrogen) atoms. The molecule has 1 aliphatic heterocycles. The third-order valence-corrected chi connectivity index (χ3v) is 6.86. The first-order valence-electron chi connectivity index (χ1n) is 11.8. The number of hydrogen-bond acceptors (Lipinski definition) is 6. The van der Waals surface area contributed by atoms with E-state index in [1.54, 1.807) is 12.4 Å². The van der Waals surface area contributed by atoms with Crippen LogP contribution in [-0.4, -0.2) is 29.4 Å². The van der Waals surface area contributed by atoms with Crippen molar-refractivity contribution in [2.45, 2.75) is 44.9 Å². The number of pyridine rings is 2. The van der Waals surface area contributed by atoms with E-state index < -0.39 is 11.6 Å². The molecule has 1 aliphatic carbocycles. The molecular weight excluding hydrogens is 479 g/mol. The van der Waals surface area contributed by atoms with E-state index in [1.165, 1.54) is 18.9 Å². The first kappa shape index (κ1) is 23.8. The Hall–Kier alpha value is -3.90. The Morgan fingerprint density at radius 3 is 2.69 bits per heavy atom. The molecule has 4 aromatic rings. The lowest BCUT2D eigenvalue weighted by Gasteiger charge is -2.14. The summed E-state index contributed by atoms with van der Waals surface area (Å²) in [5.74, 6) is 1.15. The molecule has 1 saturated carbocycles. The highest BCUT2D eigenvalue weighted by Gasteiger charge is 2.25. The molecule has 0 unspecified atom stereocenters. The normalized spacial score (nSPS) is 13.9. The second kappa shape index (κ2) is 9.99. The summed E-state index contributed by atoms with van der Waals surface area (Å²) >= 11 is -0.750. The average molecular weight is 503 g/mol. The van der Waals surface area contributed by atoms with Gasteiger partial charge in [-0.1, -0.05) is 6.07 Å². The van der Waals surface area contributed by atoms with Crippen LogP contribution in [0.4, 0.5) is 4.39 Å². The largest absolute Gasteiger partial charge is 0.493 e. The van der Waals surface area contributed by atoms with Crippen molar-refractivity contribution in [3.63, 3.8) is 0 Å². The third-order valence-electron chi connectivity index (χ3n) is 6.86. The van der Waals surface area contributed by atoms with Crippen LogP contribution in [0, 0.1) is 24.1 Å². The van der Waals surface area contributed by atoms with Crippen molar-refractivity contribution in [3.05, 3.63) is 82.4 Å². The summed E-state index contributed by atoms with van der Waals surface area (Å²) in [5.41, 5.74) is 7.96. The van der Waals surface area contributed by atoms with Crippen molar-refractivity contribution in [3.8, 4) is 22.9 Å². The standard InChI is InChI=1S/C27H23FN4O.O2S/c1-16-27-22(18-4-7-24(30-14-18)17-2-3-17)12-19(13-29)25(32(27)15-31-16)8-5-20-21-10-11-33-26(21)9-6-23(20)28;1-3-2/h4,6-7,9,12,14-15,17H,2-3,5,8,10-11H2,1H3;. The molecule has 0 bridgehead atoms. The van der Waals surface area contributed by atoms with Gasteiger partial charge < -0.3 is 9.14 Å². The van der Waals surface area contributed by atoms with Gasteiger partial charge >= 0.3 is 11.6 Å². The molecular formula is C27H23FN4O3S. The van der Waals surface area contributed by atoms with E-state index in [1.807, 2.05) is 23.6 Å².